The van der Waals surface area contributed by atoms with Crippen molar-refractivity contribution in [3.63, 3.8) is 0 Å². The molecule has 0 spiro atoms. The Bertz CT molecular complexity index is 1250. The molecular formula is C24H19ClN2O4. The number of anilines is 1. The molecule has 1 aliphatic carbocycles. The molecule has 31 heavy (non-hydrogen) atoms. The molecule has 5 rings (SSSR count). The number of hydrogen-bond donors (Lipinski definition) is 0. The minimum Gasteiger partial charge on any atom is -0.472 e. The van der Waals surface area contributed by atoms with E-state index in [-0.39, 0.29) is 36.4 Å². The number of nitrogens with zero attached hydrogens (tertiary/aromatic N) is 2. The van der Waals surface area contributed by atoms with Gasteiger partial charge < -0.3 is 9.30 Å². The van der Waals surface area contributed by atoms with Gasteiger partial charge in [0.2, 0.25) is 0 Å². The third-order valence-corrected chi connectivity index (χ3v) is 5.89. The maximum atomic E-state index is 13.0. The van der Waals surface area contributed by atoms with Gasteiger partial charge in [0.25, 0.3) is 11.5 Å². The van der Waals surface area contributed by atoms with Crippen LogP contribution in [0.3, 0.4) is 0 Å². The van der Waals surface area contributed by atoms with Gasteiger partial charge in [-0.2, -0.15) is 0 Å². The average Bonchev–Trinajstić information content (AvgIpc) is 3.61. The molecule has 0 unspecified atom stereocenters. The highest BCUT2D eigenvalue weighted by Crippen LogP contribution is 2.33. The van der Waals surface area contributed by atoms with Crippen molar-refractivity contribution >= 4 is 29.0 Å². The van der Waals surface area contributed by atoms with Crippen LogP contribution in [-0.4, -0.2) is 23.0 Å². The fraction of sp³-hybridized carbons (Fsp3) is 0.208. The molecule has 0 radical (unpaired) electrons. The smallest absolute Gasteiger partial charge is 0.264 e. The van der Waals surface area contributed by atoms with Crippen molar-refractivity contribution in [3.05, 3.63) is 81.7 Å². The molecule has 6 nitrogen and oxygen atoms in total. The van der Waals surface area contributed by atoms with Crippen LogP contribution in [0.25, 0.3) is 11.1 Å². The largest absolute Gasteiger partial charge is 0.472 e. The van der Waals surface area contributed by atoms with Crippen LogP contribution < -0.4 is 15.2 Å². The predicted octanol–water partition coefficient (Wildman–Crippen LogP) is 4.14. The molecule has 2 aromatic carbocycles. The summed E-state index contributed by atoms with van der Waals surface area (Å²) in [5.74, 6) is 0.433. The van der Waals surface area contributed by atoms with Crippen molar-refractivity contribution < 1.29 is 14.3 Å². The maximum Gasteiger partial charge on any atom is 0.264 e. The molecule has 1 aromatic heterocycles. The van der Waals surface area contributed by atoms with Gasteiger partial charge in [-0.05, 0) is 54.3 Å². The highest BCUT2D eigenvalue weighted by Gasteiger charge is 2.30. The quantitative estimate of drug-likeness (QED) is 0.605. The number of carbonyl (C=O) groups excluding carboxylic acids is 2. The minimum absolute atomic E-state index is 0.000360. The fourth-order valence-corrected chi connectivity index (χ4v) is 3.79. The molecule has 3 aromatic rings. The Kier molecular flexibility index (Phi) is 4.87. The second-order valence-electron chi connectivity index (χ2n) is 7.82. The zero-order valence-electron chi connectivity index (χ0n) is 16.6. The van der Waals surface area contributed by atoms with Crippen molar-refractivity contribution in [3.8, 4) is 16.9 Å². The summed E-state index contributed by atoms with van der Waals surface area (Å²) in [6, 6.07) is 15.9. The molecule has 0 bridgehead atoms. The van der Waals surface area contributed by atoms with Crippen LogP contribution in [0.2, 0.25) is 5.02 Å². The molecule has 0 N–H and O–H groups in total. The van der Waals surface area contributed by atoms with Crippen LogP contribution >= 0.6 is 11.6 Å². The van der Waals surface area contributed by atoms with Gasteiger partial charge in [-0.15, -0.1) is 0 Å². The molecule has 1 amide bonds. The molecular weight excluding hydrogens is 416 g/mol. The Morgan fingerprint density at radius 3 is 2.45 bits per heavy atom. The summed E-state index contributed by atoms with van der Waals surface area (Å²) < 4.78 is 7.22. The fourth-order valence-electron chi connectivity index (χ4n) is 3.67. The number of ether oxygens (including phenoxy) is 1. The number of fused-ring (bicyclic) bond motifs is 1. The monoisotopic (exact) mass is 434 g/mol. The highest BCUT2D eigenvalue weighted by atomic mass is 35.5. The summed E-state index contributed by atoms with van der Waals surface area (Å²) in [5.41, 5.74) is 2.44. The average molecular weight is 435 g/mol. The minimum atomic E-state index is -0.316. The van der Waals surface area contributed by atoms with E-state index in [0.29, 0.717) is 22.0 Å². The molecule has 2 aliphatic rings. The first kappa shape index (κ1) is 19.6. The lowest BCUT2D eigenvalue weighted by atomic mass is 10.0. The second kappa shape index (κ2) is 7.71. The van der Waals surface area contributed by atoms with Crippen LogP contribution in [0.4, 0.5) is 5.69 Å². The number of ketones is 1. The van der Waals surface area contributed by atoms with E-state index in [1.54, 1.807) is 18.3 Å². The Morgan fingerprint density at radius 2 is 1.74 bits per heavy atom. The molecule has 0 atom stereocenters. The van der Waals surface area contributed by atoms with Gasteiger partial charge in [-0.1, -0.05) is 29.8 Å². The summed E-state index contributed by atoms with van der Waals surface area (Å²) >= 11 is 5.95. The first-order chi connectivity index (χ1) is 15.0. The number of amides is 1. The Labute approximate surface area is 183 Å². The van der Waals surface area contributed by atoms with Crippen molar-refractivity contribution in [1.29, 1.82) is 0 Å². The van der Waals surface area contributed by atoms with Crippen LogP contribution in [0.15, 0.2) is 65.6 Å². The number of Topliss-reactive ketones (excluding diaryl/α,β-unsaturated/α-hetero) is 1. The summed E-state index contributed by atoms with van der Waals surface area (Å²) in [6.45, 7) is 0.0743. The third-order valence-electron chi connectivity index (χ3n) is 5.63. The zero-order chi connectivity index (χ0) is 21.5. The van der Waals surface area contributed by atoms with E-state index in [4.69, 9.17) is 16.3 Å². The Hall–Kier alpha value is -3.38. The third kappa shape index (κ3) is 3.86. The molecule has 1 aliphatic heterocycles. The number of hydrogen-bond acceptors (Lipinski definition) is 4. The van der Waals surface area contributed by atoms with Crippen molar-refractivity contribution in [2.24, 2.45) is 5.92 Å². The van der Waals surface area contributed by atoms with Gasteiger partial charge in [0.05, 0.1) is 17.8 Å². The van der Waals surface area contributed by atoms with E-state index < -0.39 is 0 Å². The lowest BCUT2D eigenvalue weighted by molar-refractivity contribution is -0.120. The van der Waals surface area contributed by atoms with E-state index in [1.165, 1.54) is 15.5 Å². The summed E-state index contributed by atoms with van der Waals surface area (Å²) in [7, 11) is 0. The number of aromatic nitrogens is 1. The van der Waals surface area contributed by atoms with Gasteiger partial charge in [-0.3, -0.25) is 19.3 Å². The number of halogens is 1. The van der Waals surface area contributed by atoms with E-state index in [2.05, 4.69) is 0 Å². The number of pyridine rings is 1. The van der Waals surface area contributed by atoms with E-state index in [9.17, 15) is 14.4 Å². The number of carbonyl (C=O) groups is 2. The van der Waals surface area contributed by atoms with Crippen LogP contribution in [-0.2, 0) is 11.3 Å². The SMILES string of the molecule is O=C(Cn1ccc(N2COc3cc(-c4ccc(Cl)cc4)ccc3C2=O)cc1=O)C1CC1. The summed E-state index contributed by atoms with van der Waals surface area (Å²) in [4.78, 5) is 38.9. The lowest BCUT2D eigenvalue weighted by Gasteiger charge is -2.29. The molecule has 156 valence electrons. The van der Waals surface area contributed by atoms with Gasteiger partial charge >= 0.3 is 0 Å². The first-order valence-corrected chi connectivity index (χ1v) is 10.5. The van der Waals surface area contributed by atoms with E-state index in [1.807, 2.05) is 36.4 Å². The lowest BCUT2D eigenvalue weighted by Crippen LogP contribution is -2.39. The van der Waals surface area contributed by atoms with Gasteiger partial charge in [0, 0.05) is 23.2 Å². The number of rotatable bonds is 5. The van der Waals surface area contributed by atoms with Crippen LogP contribution in [0.1, 0.15) is 23.2 Å². The van der Waals surface area contributed by atoms with Crippen LogP contribution in [0.5, 0.6) is 5.75 Å². The normalized spacial score (nSPS) is 15.4. The van der Waals surface area contributed by atoms with E-state index >= 15 is 0 Å². The predicted molar refractivity (Wildman–Crippen MR) is 118 cm³/mol. The molecule has 2 heterocycles. The van der Waals surface area contributed by atoms with Gasteiger partial charge in [0.15, 0.2) is 12.5 Å². The van der Waals surface area contributed by atoms with Crippen molar-refractivity contribution in [1.82, 2.24) is 4.57 Å². The summed E-state index contributed by atoms with van der Waals surface area (Å²) in [6.07, 6.45) is 3.37. The molecule has 7 heteroatoms. The van der Waals surface area contributed by atoms with Gasteiger partial charge in [-0.25, -0.2) is 0 Å². The molecule has 1 saturated carbocycles. The zero-order valence-corrected chi connectivity index (χ0v) is 17.3. The first-order valence-electron chi connectivity index (χ1n) is 10.1. The topological polar surface area (TPSA) is 68.6 Å². The number of benzene rings is 2. The maximum absolute atomic E-state index is 13.0. The molecule has 0 saturated heterocycles. The standard InChI is InChI=1S/C24H19ClN2O4/c25-18-6-3-15(4-7-18)17-5-8-20-22(11-17)31-14-27(24(20)30)19-9-10-26(23(29)12-19)13-21(28)16-1-2-16/h3-12,16H,1-2,13-14H2. The van der Waals surface area contributed by atoms with Crippen LogP contribution in [0, 0.1) is 5.92 Å². The van der Waals surface area contributed by atoms with E-state index in [0.717, 1.165) is 24.0 Å². The van der Waals surface area contributed by atoms with Crippen molar-refractivity contribution in [2.75, 3.05) is 11.6 Å². The molecule has 1 fully saturated rings. The highest BCUT2D eigenvalue weighted by molar-refractivity contribution is 6.30. The van der Waals surface area contributed by atoms with Gasteiger partial charge in [0.1, 0.15) is 5.75 Å². The Balaban J connectivity index is 1.38. The van der Waals surface area contributed by atoms with Crippen molar-refractivity contribution in [2.45, 2.75) is 19.4 Å². The Morgan fingerprint density at radius 1 is 1.00 bits per heavy atom. The summed E-state index contributed by atoms with van der Waals surface area (Å²) in [5, 5.41) is 0.655. The second-order valence-corrected chi connectivity index (χ2v) is 8.25.